The molecule has 1 aliphatic rings. The van der Waals surface area contributed by atoms with E-state index < -0.39 is 0 Å². The minimum atomic E-state index is 0.525. The molecular weight excluding hydrogens is 292 g/mol. The molecule has 0 aliphatic heterocycles. The van der Waals surface area contributed by atoms with E-state index in [2.05, 4.69) is 38.3 Å². The molecule has 96 valence electrons. The fourth-order valence-corrected chi connectivity index (χ4v) is 2.94. The Balaban J connectivity index is 1.77. The quantitative estimate of drug-likeness (QED) is 0.923. The van der Waals surface area contributed by atoms with Crippen molar-refractivity contribution < 1.29 is 0 Å². The van der Waals surface area contributed by atoms with Gasteiger partial charge in [0.05, 0.1) is 4.47 Å². The van der Waals surface area contributed by atoms with Gasteiger partial charge in [0.1, 0.15) is 0 Å². The number of hydrogen-bond donors (Lipinski definition) is 1. The zero-order valence-corrected chi connectivity index (χ0v) is 12.0. The van der Waals surface area contributed by atoms with Gasteiger partial charge in [0, 0.05) is 12.2 Å². The van der Waals surface area contributed by atoms with Gasteiger partial charge in [-0.15, -0.1) is 5.10 Å². The number of pyridine rings is 1. The Morgan fingerprint density at radius 2 is 2.11 bits per heavy atom. The molecule has 1 aliphatic carbocycles. The highest BCUT2D eigenvalue weighted by Crippen LogP contribution is 2.25. The first kappa shape index (κ1) is 12.0. The number of anilines is 1. The summed E-state index contributed by atoms with van der Waals surface area (Å²) in [6.45, 7) is 2.33. The molecule has 1 saturated carbocycles. The summed E-state index contributed by atoms with van der Waals surface area (Å²) in [5.74, 6) is 1.60. The van der Waals surface area contributed by atoms with E-state index >= 15 is 0 Å². The monoisotopic (exact) mass is 308 g/mol. The number of hydrogen-bond acceptors (Lipinski definition) is 3. The molecular formula is C13H17BrN4. The van der Waals surface area contributed by atoms with Crippen molar-refractivity contribution in [2.24, 2.45) is 5.92 Å². The average molecular weight is 309 g/mol. The van der Waals surface area contributed by atoms with Crippen molar-refractivity contribution >= 4 is 27.5 Å². The summed E-state index contributed by atoms with van der Waals surface area (Å²) < 4.78 is 2.78. The number of fused-ring (bicyclic) bond motifs is 1. The van der Waals surface area contributed by atoms with Gasteiger partial charge in [-0.25, -0.2) is 4.52 Å². The molecule has 0 bridgehead atoms. The zero-order chi connectivity index (χ0) is 12.5. The van der Waals surface area contributed by atoms with Crippen LogP contribution < -0.4 is 5.32 Å². The van der Waals surface area contributed by atoms with E-state index in [-0.39, 0.29) is 0 Å². The Hall–Kier alpha value is -1.10. The lowest BCUT2D eigenvalue weighted by Crippen LogP contribution is -2.25. The molecule has 2 aromatic rings. The summed E-state index contributed by atoms with van der Waals surface area (Å²) in [5, 5.41) is 7.91. The van der Waals surface area contributed by atoms with E-state index in [1.165, 1.54) is 25.7 Å². The Bertz CT molecular complexity index is 543. The van der Waals surface area contributed by atoms with Gasteiger partial charge in [-0.1, -0.05) is 6.92 Å². The van der Waals surface area contributed by atoms with Gasteiger partial charge in [-0.3, -0.25) is 0 Å². The average Bonchev–Trinajstić information content (AvgIpc) is 2.76. The van der Waals surface area contributed by atoms with Gasteiger partial charge in [0.25, 0.3) is 0 Å². The van der Waals surface area contributed by atoms with Crippen LogP contribution in [0.5, 0.6) is 0 Å². The van der Waals surface area contributed by atoms with E-state index in [0.29, 0.717) is 6.04 Å². The van der Waals surface area contributed by atoms with E-state index in [1.54, 1.807) is 4.52 Å². The summed E-state index contributed by atoms with van der Waals surface area (Å²) in [6.07, 6.45) is 6.96. The smallest absolute Gasteiger partial charge is 0.243 e. The summed E-state index contributed by atoms with van der Waals surface area (Å²) in [6, 6.07) is 4.46. The van der Waals surface area contributed by atoms with Gasteiger partial charge >= 0.3 is 0 Å². The molecule has 18 heavy (non-hydrogen) atoms. The second-order valence-corrected chi connectivity index (χ2v) is 6.02. The predicted molar refractivity (Wildman–Crippen MR) is 75.7 cm³/mol. The number of rotatable bonds is 2. The third kappa shape index (κ3) is 2.36. The van der Waals surface area contributed by atoms with E-state index in [9.17, 15) is 0 Å². The van der Waals surface area contributed by atoms with Crippen LogP contribution in [0.25, 0.3) is 5.65 Å². The Kier molecular flexibility index (Phi) is 3.24. The Morgan fingerprint density at radius 3 is 2.83 bits per heavy atom. The van der Waals surface area contributed by atoms with Gasteiger partial charge in [-0.05, 0) is 59.7 Å². The van der Waals surface area contributed by atoms with Crippen LogP contribution in [0.1, 0.15) is 32.6 Å². The molecule has 0 spiro atoms. The fraction of sp³-hybridized carbons (Fsp3) is 0.538. The molecule has 3 rings (SSSR count). The summed E-state index contributed by atoms with van der Waals surface area (Å²) in [5.41, 5.74) is 0.865. The maximum absolute atomic E-state index is 4.52. The highest BCUT2D eigenvalue weighted by molar-refractivity contribution is 9.10. The highest BCUT2D eigenvalue weighted by atomic mass is 79.9. The van der Waals surface area contributed by atoms with Crippen LogP contribution in [0.4, 0.5) is 5.95 Å². The largest absolute Gasteiger partial charge is 0.350 e. The lowest BCUT2D eigenvalue weighted by atomic mass is 9.87. The lowest BCUT2D eigenvalue weighted by molar-refractivity contribution is 0.360. The second-order valence-electron chi connectivity index (χ2n) is 5.16. The van der Waals surface area contributed by atoms with Crippen molar-refractivity contribution in [1.29, 1.82) is 0 Å². The summed E-state index contributed by atoms with van der Waals surface area (Å²) >= 11 is 3.49. The molecule has 2 heterocycles. The van der Waals surface area contributed by atoms with E-state index in [0.717, 1.165) is 22.0 Å². The second kappa shape index (κ2) is 4.88. The van der Waals surface area contributed by atoms with Crippen LogP contribution in [0.15, 0.2) is 22.8 Å². The molecule has 1 N–H and O–H groups in total. The number of nitrogens with zero attached hydrogens (tertiary/aromatic N) is 3. The van der Waals surface area contributed by atoms with Crippen molar-refractivity contribution in [2.45, 2.75) is 38.6 Å². The van der Waals surface area contributed by atoms with Crippen LogP contribution >= 0.6 is 15.9 Å². The maximum atomic E-state index is 4.52. The van der Waals surface area contributed by atoms with Crippen molar-refractivity contribution in [2.75, 3.05) is 5.32 Å². The predicted octanol–water partition coefficient (Wildman–Crippen LogP) is 3.48. The molecule has 1 fully saturated rings. The maximum Gasteiger partial charge on any atom is 0.243 e. The van der Waals surface area contributed by atoms with Crippen LogP contribution in [-0.2, 0) is 0 Å². The zero-order valence-electron chi connectivity index (χ0n) is 10.4. The SMILES string of the molecule is CC1CCC(Nc2nc3c(Br)cccn3n2)CC1. The highest BCUT2D eigenvalue weighted by Gasteiger charge is 2.19. The molecule has 0 amide bonds. The molecule has 0 radical (unpaired) electrons. The van der Waals surface area contributed by atoms with Gasteiger partial charge in [-0.2, -0.15) is 4.98 Å². The number of halogens is 1. The first-order valence-corrected chi connectivity index (χ1v) is 7.29. The van der Waals surface area contributed by atoms with Crippen molar-refractivity contribution in [3.8, 4) is 0 Å². The standard InChI is InChI=1S/C13H17BrN4/c1-9-4-6-10(7-5-9)15-13-16-12-11(14)3-2-8-18(12)17-13/h2-3,8-10H,4-7H2,1H3,(H,15,17). The minimum Gasteiger partial charge on any atom is -0.350 e. The van der Waals surface area contributed by atoms with Crippen LogP contribution in [0.2, 0.25) is 0 Å². The third-order valence-electron chi connectivity index (χ3n) is 3.66. The van der Waals surface area contributed by atoms with E-state index in [4.69, 9.17) is 0 Å². The van der Waals surface area contributed by atoms with Crippen molar-refractivity contribution in [1.82, 2.24) is 14.6 Å². The fourth-order valence-electron chi connectivity index (χ4n) is 2.52. The topological polar surface area (TPSA) is 42.2 Å². The summed E-state index contributed by atoms with van der Waals surface area (Å²) in [7, 11) is 0. The molecule has 0 aromatic carbocycles. The van der Waals surface area contributed by atoms with Crippen LogP contribution in [-0.4, -0.2) is 20.6 Å². The normalized spacial score (nSPS) is 24.3. The number of nitrogens with one attached hydrogen (secondary N) is 1. The Morgan fingerprint density at radius 1 is 1.33 bits per heavy atom. The molecule has 0 saturated heterocycles. The molecule has 2 aromatic heterocycles. The first-order chi connectivity index (χ1) is 8.72. The Labute approximate surface area is 115 Å². The van der Waals surface area contributed by atoms with Crippen LogP contribution in [0, 0.1) is 5.92 Å². The molecule has 0 unspecified atom stereocenters. The van der Waals surface area contributed by atoms with E-state index in [1.807, 2.05) is 18.3 Å². The van der Waals surface area contributed by atoms with Crippen molar-refractivity contribution in [3.05, 3.63) is 22.8 Å². The van der Waals surface area contributed by atoms with Crippen molar-refractivity contribution in [3.63, 3.8) is 0 Å². The number of aromatic nitrogens is 3. The lowest BCUT2D eigenvalue weighted by Gasteiger charge is -2.26. The van der Waals surface area contributed by atoms with Gasteiger partial charge in [0.2, 0.25) is 5.95 Å². The summed E-state index contributed by atoms with van der Waals surface area (Å²) in [4.78, 5) is 4.52. The van der Waals surface area contributed by atoms with Gasteiger partial charge in [0.15, 0.2) is 5.65 Å². The molecule has 0 atom stereocenters. The van der Waals surface area contributed by atoms with Gasteiger partial charge < -0.3 is 5.32 Å². The first-order valence-electron chi connectivity index (χ1n) is 6.50. The van der Waals surface area contributed by atoms with Crippen LogP contribution in [0.3, 0.4) is 0 Å². The molecule has 4 nitrogen and oxygen atoms in total. The molecule has 5 heteroatoms. The third-order valence-corrected chi connectivity index (χ3v) is 4.28. The minimum absolute atomic E-state index is 0.525.